The summed E-state index contributed by atoms with van der Waals surface area (Å²) in [4.78, 5) is 20.6. The van der Waals surface area contributed by atoms with Crippen LogP contribution >= 0.6 is 0 Å². The Balaban J connectivity index is 0.00000102. The number of hydrogen-bond acceptors (Lipinski definition) is 6. The summed E-state index contributed by atoms with van der Waals surface area (Å²) >= 11 is 0. The largest absolute Gasteiger partial charge is 0.497 e. The molecule has 0 aliphatic carbocycles. The van der Waals surface area contributed by atoms with Crippen molar-refractivity contribution in [1.29, 1.82) is 0 Å². The number of rotatable bonds is 5. The van der Waals surface area contributed by atoms with Gasteiger partial charge < -0.3 is 15.0 Å². The summed E-state index contributed by atoms with van der Waals surface area (Å²) in [6.45, 7) is 4.59. The average molecular weight is 362 g/mol. The highest BCUT2D eigenvalue weighted by molar-refractivity contribution is 5.88. The fourth-order valence-electron chi connectivity index (χ4n) is 2.55. The predicted molar refractivity (Wildman–Crippen MR) is 107 cm³/mol. The summed E-state index contributed by atoms with van der Waals surface area (Å²) in [5.74, 6) is 1.32. The molecule has 3 heterocycles. The number of nitrogens with one attached hydrogen (secondary N) is 2. The molecular formula is C20H22N6O. The van der Waals surface area contributed by atoms with E-state index in [9.17, 15) is 0 Å². The Morgan fingerprint density at radius 2 is 1.89 bits per heavy atom. The number of aromatic nitrogens is 5. The number of imidazole rings is 1. The lowest BCUT2D eigenvalue weighted by Gasteiger charge is -2.08. The molecule has 2 N–H and O–H groups in total. The molecule has 0 unspecified atom stereocenters. The molecule has 138 valence electrons. The molecule has 0 atom stereocenters. The molecule has 0 fully saturated rings. The van der Waals surface area contributed by atoms with Crippen molar-refractivity contribution in [2.24, 2.45) is 0 Å². The van der Waals surface area contributed by atoms with Gasteiger partial charge in [-0.3, -0.25) is 4.98 Å². The number of aromatic amines is 1. The molecule has 0 saturated carbocycles. The van der Waals surface area contributed by atoms with E-state index in [4.69, 9.17) is 4.74 Å². The van der Waals surface area contributed by atoms with Crippen molar-refractivity contribution in [2.45, 2.75) is 20.4 Å². The summed E-state index contributed by atoms with van der Waals surface area (Å²) in [7, 11) is 1.65. The van der Waals surface area contributed by atoms with Gasteiger partial charge in [0.25, 0.3) is 0 Å². The molecule has 7 nitrogen and oxygen atoms in total. The fraction of sp³-hybridized carbons (Fsp3) is 0.200. The normalized spacial score (nSPS) is 10.2. The van der Waals surface area contributed by atoms with Crippen LogP contribution in [0.2, 0.25) is 0 Å². The first-order valence-corrected chi connectivity index (χ1v) is 8.82. The van der Waals surface area contributed by atoms with E-state index >= 15 is 0 Å². The second kappa shape index (κ2) is 8.75. The number of fused-ring (bicyclic) bond motifs is 1. The number of nitrogens with zero attached hydrogens (tertiary/aromatic N) is 4. The van der Waals surface area contributed by atoms with Gasteiger partial charge in [0.2, 0.25) is 5.95 Å². The van der Waals surface area contributed by atoms with Crippen LogP contribution in [0.1, 0.15) is 19.4 Å². The predicted octanol–water partition coefficient (Wildman–Crippen LogP) is 4.06. The lowest BCUT2D eigenvalue weighted by atomic mass is 10.1. The van der Waals surface area contributed by atoms with Crippen LogP contribution in [0.4, 0.5) is 5.95 Å². The molecule has 4 rings (SSSR count). The van der Waals surface area contributed by atoms with Gasteiger partial charge in [0, 0.05) is 24.5 Å². The number of methoxy groups -OCH3 is 1. The van der Waals surface area contributed by atoms with Crippen LogP contribution in [-0.2, 0) is 6.54 Å². The van der Waals surface area contributed by atoms with Crippen LogP contribution in [0, 0.1) is 0 Å². The van der Waals surface area contributed by atoms with E-state index < -0.39 is 0 Å². The summed E-state index contributed by atoms with van der Waals surface area (Å²) in [5, 5.41) is 3.23. The van der Waals surface area contributed by atoms with Gasteiger partial charge in [-0.25, -0.2) is 9.97 Å². The van der Waals surface area contributed by atoms with E-state index in [0.29, 0.717) is 18.1 Å². The van der Waals surface area contributed by atoms with Gasteiger partial charge in [0.15, 0.2) is 5.65 Å². The summed E-state index contributed by atoms with van der Waals surface area (Å²) in [6, 6.07) is 11.6. The molecule has 0 spiro atoms. The third kappa shape index (κ3) is 4.20. The molecule has 0 bridgehead atoms. The fourth-order valence-corrected chi connectivity index (χ4v) is 2.55. The molecule has 7 heteroatoms. The molecule has 0 saturated heterocycles. The van der Waals surface area contributed by atoms with Crippen LogP contribution < -0.4 is 10.1 Å². The smallest absolute Gasteiger partial charge is 0.225 e. The van der Waals surface area contributed by atoms with Gasteiger partial charge in [0.1, 0.15) is 17.0 Å². The minimum atomic E-state index is 0.522. The minimum absolute atomic E-state index is 0.522. The number of anilines is 1. The highest BCUT2D eigenvalue weighted by Gasteiger charge is 2.12. The maximum absolute atomic E-state index is 5.22. The molecule has 0 aliphatic rings. The Morgan fingerprint density at radius 3 is 2.59 bits per heavy atom. The average Bonchev–Trinajstić information content (AvgIpc) is 3.23. The van der Waals surface area contributed by atoms with Gasteiger partial charge in [-0.15, -0.1) is 0 Å². The van der Waals surface area contributed by atoms with E-state index in [1.165, 1.54) is 0 Å². The first-order chi connectivity index (χ1) is 13.3. The Hall–Kier alpha value is -3.48. The second-order valence-corrected chi connectivity index (χ2v) is 5.44. The Labute approximate surface area is 157 Å². The van der Waals surface area contributed by atoms with Crippen molar-refractivity contribution in [1.82, 2.24) is 24.9 Å². The topological polar surface area (TPSA) is 88.6 Å². The molecule has 4 aromatic rings. The van der Waals surface area contributed by atoms with Crippen LogP contribution in [-0.4, -0.2) is 32.0 Å². The van der Waals surface area contributed by atoms with Gasteiger partial charge in [0.05, 0.1) is 13.4 Å². The van der Waals surface area contributed by atoms with Gasteiger partial charge in [-0.1, -0.05) is 19.9 Å². The molecule has 1 aromatic carbocycles. The first-order valence-electron chi connectivity index (χ1n) is 8.82. The monoisotopic (exact) mass is 362 g/mol. The molecule has 0 aliphatic heterocycles. The summed E-state index contributed by atoms with van der Waals surface area (Å²) < 4.78 is 5.22. The Bertz CT molecular complexity index is 982. The van der Waals surface area contributed by atoms with Gasteiger partial charge in [-0.2, -0.15) is 4.98 Å². The zero-order valence-electron chi connectivity index (χ0n) is 15.6. The number of H-pyrrole nitrogens is 1. The van der Waals surface area contributed by atoms with Gasteiger partial charge in [-0.05, 0) is 35.9 Å². The maximum Gasteiger partial charge on any atom is 0.225 e. The highest BCUT2D eigenvalue weighted by atomic mass is 16.5. The second-order valence-electron chi connectivity index (χ2n) is 5.44. The Morgan fingerprint density at radius 1 is 1.07 bits per heavy atom. The SMILES string of the molecule is CC.COc1ccc(-c2nc(NCc3cccnc3)nc3nc[nH]c23)cc1. The zero-order valence-corrected chi connectivity index (χ0v) is 15.6. The van der Waals surface area contributed by atoms with E-state index in [2.05, 4.69) is 30.2 Å². The van der Waals surface area contributed by atoms with Crippen LogP contribution in [0.15, 0.2) is 55.1 Å². The third-order valence-corrected chi connectivity index (χ3v) is 3.82. The quantitative estimate of drug-likeness (QED) is 0.556. The van der Waals surface area contributed by atoms with Crippen LogP contribution in [0.5, 0.6) is 5.75 Å². The summed E-state index contributed by atoms with van der Waals surface area (Å²) in [5.41, 5.74) is 4.23. The third-order valence-electron chi connectivity index (χ3n) is 3.82. The molecule has 0 radical (unpaired) electrons. The lowest BCUT2D eigenvalue weighted by molar-refractivity contribution is 0.415. The van der Waals surface area contributed by atoms with E-state index in [1.54, 1.807) is 19.6 Å². The van der Waals surface area contributed by atoms with Crippen molar-refractivity contribution in [3.63, 3.8) is 0 Å². The van der Waals surface area contributed by atoms with E-state index in [1.807, 2.05) is 56.4 Å². The molecule has 0 amide bonds. The Kier molecular flexibility index (Phi) is 5.94. The van der Waals surface area contributed by atoms with Crippen molar-refractivity contribution in [3.8, 4) is 17.0 Å². The number of hydrogen-bond donors (Lipinski definition) is 2. The first kappa shape index (κ1) is 18.3. The molecule has 3 aromatic heterocycles. The minimum Gasteiger partial charge on any atom is -0.497 e. The van der Waals surface area contributed by atoms with E-state index in [-0.39, 0.29) is 0 Å². The van der Waals surface area contributed by atoms with Crippen molar-refractivity contribution in [2.75, 3.05) is 12.4 Å². The zero-order chi connectivity index (χ0) is 19.1. The van der Waals surface area contributed by atoms with Crippen molar-refractivity contribution >= 4 is 17.1 Å². The number of benzene rings is 1. The number of ether oxygens (including phenoxy) is 1. The van der Waals surface area contributed by atoms with Crippen LogP contribution in [0.3, 0.4) is 0 Å². The molecule has 27 heavy (non-hydrogen) atoms. The van der Waals surface area contributed by atoms with Gasteiger partial charge >= 0.3 is 0 Å². The lowest BCUT2D eigenvalue weighted by Crippen LogP contribution is -2.05. The standard InChI is InChI=1S/C18H16N6O.C2H6/c1-25-14-6-4-13(5-7-14)15-16-17(22-11-21-16)24-18(23-15)20-10-12-3-2-8-19-9-12;1-2/h2-9,11H,10H2,1H3,(H2,20,21,22,23,24);1-2H3. The highest BCUT2D eigenvalue weighted by Crippen LogP contribution is 2.26. The van der Waals surface area contributed by atoms with Crippen LogP contribution in [0.25, 0.3) is 22.4 Å². The van der Waals surface area contributed by atoms with Crippen molar-refractivity contribution < 1.29 is 4.74 Å². The number of pyridine rings is 1. The van der Waals surface area contributed by atoms with E-state index in [0.717, 1.165) is 28.1 Å². The molecular weight excluding hydrogens is 340 g/mol. The van der Waals surface area contributed by atoms with Crippen molar-refractivity contribution in [3.05, 3.63) is 60.7 Å². The summed E-state index contributed by atoms with van der Waals surface area (Å²) in [6.07, 6.45) is 5.18. The maximum atomic E-state index is 5.22.